The van der Waals surface area contributed by atoms with Crippen LogP contribution in [0.2, 0.25) is 0 Å². The normalized spacial score (nSPS) is 15.2. The van der Waals surface area contributed by atoms with Gasteiger partial charge in [0.25, 0.3) is 0 Å². The molecule has 0 unspecified atom stereocenters. The first-order valence-corrected chi connectivity index (χ1v) is 7.51. The number of hydrogen-bond donors (Lipinski definition) is 0. The van der Waals surface area contributed by atoms with Gasteiger partial charge in [-0.3, -0.25) is 0 Å². The molecule has 0 N–H and O–H groups in total. The van der Waals surface area contributed by atoms with E-state index in [1.54, 1.807) is 30.1 Å². The fraction of sp³-hybridized carbons (Fsp3) is 0.333. The molecule has 23 heavy (non-hydrogen) atoms. The lowest BCUT2D eigenvalue weighted by atomic mass is 10.3. The molecular formula is C15H17N7O. The summed E-state index contributed by atoms with van der Waals surface area (Å²) in [6.45, 7) is 3.43. The third-order valence-corrected chi connectivity index (χ3v) is 3.95. The van der Waals surface area contributed by atoms with Crippen LogP contribution in [-0.4, -0.2) is 57.9 Å². The first kappa shape index (κ1) is 13.7. The van der Waals surface area contributed by atoms with E-state index in [1.807, 2.05) is 18.3 Å². The van der Waals surface area contributed by atoms with E-state index in [-0.39, 0.29) is 0 Å². The molecule has 1 aliphatic heterocycles. The Labute approximate surface area is 133 Å². The minimum Gasteiger partial charge on any atom is -0.481 e. The highest BCUT2D eigenvalue weighted by Gasteiger charge is 2.20. The van der Waals surface area contributed by atoms with Gasteiger partial charge >= 0.3 is 0 Å². The van der Waals surface area contributed by atoms with Crippen LogP contribution in [0.5, 0.6) is 5.88 Å². The van der Waals surface area contributed by atoms with E-state index in [2.05, 4.69) is 29.9 Å². The van der Waals surface area contributed by atoms with Crippen LogP contribution in [0.15, 0.2) is 36.8 Å². The summed E-state index contributed by atoms with van der Waals surface area (Å²) in [6, 6.07) is 5.75. The molecule has 3 aromatic rings. The van der Waals surface area contributed by atoms with Crippen LogP contribution in [0.4, 0.5) is 11.8 Å². The molecule has 0 aliphatic carbocycles. The van der Waals surface area contributed by atoms with Gasteiger partial charge in [-0.15, -0.1) is 5.10 Å². The van der Waals surface area contributed by atoms with E-state index in [4.69, 9.17) is 4.74 Å². The second-order valence-corrected chi connectivity index (χ2v) is 5.29. The Morgan fingerprint density at radius 2 is 1.78 bits per heavy atom. The van der Waals surface area contributed by atoms with Crippen molar-refractivity contribution >= 4 is 17.4 Å². The summed E-state index contributed by atoms with van der Waals surface area (Å²) < 4.78 is 6.96. The Balaban J connectivity index is 1.47. The molecule has 0 amide bonds. The van der Waals surface area contributed by atoms with Crippen molar-refractivity contribution in [3.05, 3.63) is 36.8 Å². The van der Waals surface area contributed by atoms with E-state index < -0.39 is 0 Å². The second-order valence-electron chi connectivity index (χ2n) is 5.29. The highest BCUT2D eigenvalue weighted by atomic mass is 16.5. The van der Waals surface area contributed by atoms with E-state index in [0.29, 0.717) is 11.8 Å². The molecule has 0 spiro atoms. The van der Waals surface area contributed by atoms with Crippen LogP contribution in [0, 0.1) is 0 Å². The SMILES string of the molecule is COc1ccnc(N2CCN(c3ccc4nccn4n3)CC2)n1. The molecule has 3 aromatic heterocycles. The van der Waals surface area contributed by atoms with E-state index in [0.717, 1.165) is 37.6 Å². The van der Waals surface area contributed by atoms with Gasteiger partial charge in [-0.05, 0) is 12.1 Å². The van der Waals surface area contributed by atoms with Gasteiger partial charge in [0.15, 0.2) is 5.65 Å². The van der Waals surface area contributed by atoms with Crippen molar-refractivity contribution in [2.24, 2.45) is 0 Å². The number of methoxy groups -OCH3 is 1. The van der Waals surface area contributed by atoms with Crippen molar-refractivity contribution in [2.45, 2.75) is 0 Å². The molecule has 8 nitrogen and oxygen atoms in total. The lowest BCUT2D eigenvalue weighted by molar-refractivity contribution is 0.396. The molecular weight excluding hydrogens is 294 g/mol. The van der Waals surface area contributed by atoms with Gasteiger partial charge in [0, 0.05) is 50.8 Å². The summed E-state index contributed by atoms with van der Waals surface area (Å²) in [4.78, 5) is 17.4. The largest absolute Gasteiger partial charge is 0.481 e. The van der Waals surface area contributed by atoms with Crippen LogP contribution in [-0.2, 0) is 0 Å². The predicted molar refractivity (Wildman–Crippen MR) is 86.0 cm³/mol. The molecule has 0 saturated carbocycles. The molecule has 118 valence electrons. The Morgan fingerprint density at radius 3 is 2.61 bits per heavy atom. The standard InChI is InChI=1S/C15H17N7O/c1-23-14-4-5-17-15(18-14)21-10-8-20(9-11-21)13-3-2-12-16-6-7-22(12)19-13/h2-7H,8-11H2,1H3. The summed E-state index contributed by atoms with van der Waals surface area (Å²) in [5.41, 5.74) is 0.858. The monoisotopic (exact) mass is 311 g/mol. The van der Waals surface area contributed by atoms with Gasteiger partial charge in [-0.25, -0.2) is 14.5 Å². The predicted octanol–water partition coefficient (Wildman–Crippen LogP) is 0.854. The van der Waals surface area contributed by atoms with Gasteiger partial charge in [0.05, 0.1) is 7.11 Å². The van der Waals surface area contributed by atoms with Crippen molar-refractivity contribution in [1.29, 1.82) is 0 Å². The lowest BCUT2D eigenvalue weighted by Gasteiger charge is -2.35. The first-order chi connectivity index (χ1) is 11.3. The average Bonchev–Trinajstić information content (AvgIpc) is 3.09. The molecule has 1 aliphatic rings. The minimum absolute atomic E-state index is 0.588. The molecule has 4 rings (SSSR count). The fourth-order valence-corrected chi connectivity index (χ4v) is 2.71. The van der Waals surface area contributed by atoms with E-state index >= 15 is 0 Å². The summed E-state index contributed by atoms with van der Waals surface area (Å²) >= 11 is 0. The first-order valence-electron chi connectivity index (χ1n) is 7.51. The number of aromatic nitrogens is 5. The number of imidazole rings is 1. The van der Waals surface area contributed by atoms with Crippen molar-refractivity contribution in [1.82, 2.24) is 24.6 Å². The minimum atomic E-state index is 0.588. The zero-order valence-electron chi connectivity index (χ0n) is 12.8. The summed E-state index contributed by atoms with van der Waals surface area (Å²) in [5, 5.41) is 4.59. The van der Waals surface area contributed by atoms with Gasteiger partial charge in [-0.2, -0.15) is 4.98 Å². The molecule has 0 atom stereocenters. The number of hydrogen-bond acceptors (Lipinski definition) is 7. The van der Waals surface area contributed by atoms with Crippen LogP contribution in [0.3, 0.4) is 0 Å². The molecule has 0 aromatic carbocycles. The lowest BCUT2D eigenvalue weighted by Crippen LogP contribution is -2.47. The number of ether oxygens (including phenoxy) is 1. The van der Waals surface area contributed by atoms with Crippen molar-refractivity contribution in [3.8, 4) is 5.88 Å². The smallest absolute Gasteiger partial charge is 0.228 e. The average molecular weight is 311 g/mol. The van der Waals surface area contributed by atoms with Crippen molar-refractivity contribution in [2.75, 3.05) is 43.1 Å². The highest BCUT2D eigenvalue weighted by molar-refractivity contribution is 5.47. The number of piperazine rings is 1. The second kappa shape index (κ2) is 5.71. The Hall–Kier alpha value is -2.90. The van der Waals surface area contributed by atoms with Crippen LogP contribution >= 0.6 is 0 Å². The number of fused-ring (bicyclic) bond motifs is 1. The maximum absolute atomic E-state index is 5.16. The number of anilines is 2. The van der Waals surface area contributed by atoms with Gasteiger partial charge in [0.2, 0.25) is 11.8 Å². The molecule has 0 radical (unpaired) electrons. The molecule has 1 saturated heterocycles. The molecule has 1 fully saturated rings. The molecule has 0 bridgehead atoms. The van der Waals surface area contributed by atoms with Crippen LogP contribution < -0.4 is 14.5 Å². The highest BCUT2D eigenvalue weighted by Crippen LogP contribution is 2.18. The Bertz CT molecular complexity index is 810. The number of nitrogens with zero attached hydrogens (tertiary/aromatic N) is 7. The quantitative estimate of drug-likeness (QED) is 0.710. The third-order valence-electron chi connectivity index (χ3n) is 3.95. The molecule has 8 heteroatoms. The third kappa shape index (κ3) is 2.63. The maximum atomic E-state index is 5.16. The zero-order chi connectivity index (χ0) is 15.6. The van der Waals surface area contributed by atoms with Gasteiger partial charge < -0.3 is 14.5 Å². The fourth-order valence-electron chi connectivity index (χ4n) is 2.71. The summed E-state index contributed by atoms with van der Waals surface area (Å²) in [7, 11) is 1.61. The zero-order valence-corrected chi connectivity index (χ0v) is 12.8. The van der Waals surface area contributed by atoms with Crippen molar-refractivity contribution in [3.63, 3.8) is 0 Å². The van der Waals surface area contributed by atoms with Gasteiger partial charge in [-0.1, -0.05) is 0 Å². The summed E-state index contributed by atoms with van der Waals surface area (Å²) in [5.74, 6) is 2.26. The number of rotatable bonds is 3. The summed E-state index contributed by atoms with van der Waals surface area (Å²) in [6.07, 6.45) is 5.34. The van der Waals surface area contributed by atoms with Crippen LogP contribution in [0.25, 0.3) is 5.65 Å². The Kier molecular flexibility index (Phi) is 3.41. The van der Waals surface area contributed by atoms with Crippen molar-refractivity contribution < 1.29 is 4.74 Å². The van der Waals surface area contributed by atoms with Crippen LogP contribution in [0.1, 0.15) is 0 Å². The Morgan fingerprint density at radius 1 is 0.957 bits per heavy atom. The van der Waals surface area contributed by atoms with E-state index in [9.17, 15) is 0 Å². The van der Waals surface area contributed by atoms with E-state index in [1.165, 1.54) is 0 Å². The topological polar surface area (TPSA) is 71.7 Å². The van der Waals surface area contributed by atoms with Gasteiger partial charge in [0.1, 0.15) is 5.82 Å². The maximum Gasteiger partial charge on any atom is 0.228 e. The molecule has 4 heterocycles.